The summed E-state index contributed by atoms with van der Waals surface area (Å²) >= 11 is 0. The summed E-state index contributed by atoms with van der Waals surface area (Å²) in [5.41, 5.74) is -0.915. The van der Waals surface area contributed by atoms with Crippen molar-refractivity contribution in [3.05, 3.63) is 0 Å². The Morgan fingerprint density at radius 1 is 1.21 bits per heavy atom. The summed E-state index contributed by atoms with van der Waals surface area (Å²) < 4.78 is 25.3. The Balaban J connectivity index is -0.00000264. The van der Waals surface area contributed by atoms with Crippen LogP contribution in [0.25, 0.3) is 0 Å². The minimum Gasteiger partial charge on any atom is -0.381 e. The zero-order chi connectivity index (χ0) is 18.4. The van der Waals surface area contributed by atoms with Crippen LogP contribution in [-0.2, 0) is 14.3 Å². The van der Waals surface area contributed by atoms with Gasteiger partial charge in [-0.05, 0) is 46.6 Å². The molecular formula is C18H41FN2O3. The molecule has 0 aliphatic carbocycles. The first-order valence-electron chi connectivity index (χ1n) is 9.19. The van der Waals surface area contributed by atoms with Gasteiger partial charge in [0.15, 0.2) is 0 Å². The van der Waals surface area contributed by atoms with Crippen molar-refractivity contribution in [3.63, 3.8) is 0 Å². The van der Waals surface area contributed by atoms with Gasteiger partial charge in [-0.1, -0.05) is 13.8 Å². The molecule has 0 aliphatic rings. The van der Waals surface area contributed by atoms with Crippen LogP contribution in [0.5, 0.6) is 0 Å². The molecule has 148 valence electrons. The third-order valence-corrected chi connectivity index (χ3v) is 4.03. The minimum absolute atomic E-state index is 0. The fraction of sp³-hybridized carbons (Fsp3) is 0.944. The predicted molar refractivity (Wildman–Crippen MR) is 100 cm³/mol. The zero-order valence-electron chi connectivity index (χ0n) is 16.1. The molecule has 6 heteroatoms. The third kappa shape index (κ3) is 11.8. The average Bonchev–Trinajstić information content (AvgIpc) is 2.57. The maximum absolute atomic E-state index is 14.1. The van der Waals surface area contributed by atoms with Gasteiger partial charge < -0.3 is 20.1 Å². The Hall–Kier alpha value is -0.720. The molecule has 1 amide bonds. The van der Waals surface area contributed by atoms with E-state index in [0.29, 0.717) is 25.7 Å². The molecule has 0 aliphatic heterocycles. The van der Waals surface area contributed by atoms with Gasteiger partial charge in [0.25, 0.3) is 0 Å². The molecule has 0 aromatic rings. The van der Waals surface area contributed by atoms with E-state index in [-0.39, 0.29) is 15.3 Å². The lowest BCUT2D eigenvalue weighted by molar-refractivity contribution is -0.122. The van der Waals surface area contributed by atoms with Crippen molar-refractivity contribution in [2.45, 2.75) is 78.1 Å². The number of amides is 1. The van der Waals surface area contributed by atoms with Crippen LogP contribution in [0.15, 0.2) is 0 Å². The third-order valence-electron chi connectivity index (χ3n) is 4.03. The van der Waals surface area contributed by atoms with Gasteiger partial charge in [-0.3, -0.25) is 4.79 Å². The Bertz CT molecular complexity index is 338. The maximum atomic E-state index is 14.1. The maximum Gasteiger partial charge on any atom is 0.219 e. The molecule has 2 atom stereocenters. The smallest absolute Gasteiger partial charge is 0.219 e. The minimum atomic E-state index is -1.24. The van der Waals surface area contributed by atoms with Crippen LogP contribution in [0.2, 0.25) is 0 Å². The predicted octanol–water partition coefficient (Wildman–Crippen LogP) is 3.32. The molecule has 0 saturated heterocycles. The number of carbonyl (C=O) groups excluding carboxylic acids is 1. The lowest BCUT2D eigenvalue weighted by Crippen LogP contribution is -2.44. The molecule has 24 heavy (non-hydrogen) atoms. The Kier molecular flexibility index (Phi) is 13.2. The normalized spacial score (nSPS) is 14.4. The highest BCUT2D eigenvalue weighted by atomic mass is 19.1. The fourth-order valence-corrected chi connectivity index (χ4v) is 1.93. The molecular weight excluding hydrogens is 311 g/mol. The summed E-state index contributed by atoms with van der Waals surface area (Å²) in [7, 11) is 0. The van der Waals surface area contributed by atoms with Gasteiger partial charge in [-0.25, -0.2) is 4.39 Å². The van der Waals surface area contributed by atoms with E-state index in [4.69, 9.17) is 9.47 Å². The number of nitrogens with one attached hydrogen (secondary N) is 2. The number of carbonyl (C=O) groups is 1. The Labute approximate surface area is 150 Å². The van der Waals surface area contributed by atoms with Crippen molar-refractivity contribution in [3.8, 4) is 0 Å². The SMILES string of the molecule is CCC(=O)NCC(F)C(C)(C)OCCCOCCCNC(C)CC.[HH].[HH]. The summed E-state index contributed by atoms with van der Waals surface area (Å²) in [6.07, 6.45) is 1.97. The summed E-state index contributed by atoms with van der Waals surface area (Å²) in [6, 6.07) is 0.552. The lowest BCUT2D eigenvalue weighted by atomic mass is 10.0. The van der Waals surface area contributed by atoms with E-state index in [9.17, 15) is 9.18 Å². The molecule has 0 spiro atoms. The van der Waals surface area contributed by atoms with Gasteiger partial charge in [-0.15, -0.1) is 0 Å². The van der Waals surface area contributed by atoms with Crippen LogP contribution in [0.4, 0.5) is 4.39 Å². The molecule has 0 heterocycles. The van der Waals surface area contributed by atoms with Gasteiger partial charge in [-0.2, -0.15) is 0 Å². The van der Waals surface area contributed by atoms with Crippen LogP contribution in [0, 0.1) is 0 Å². The number of hydrogen-bond donors (Lipinski definition) is 2. The van der Waals surface area contributed by atoms with Crippen LogP contribution < -0.4 is 10.6 Å². The quantitative estimate of drug-likeness (QED) is 0.444. The molecule has 0 radical (unpaired) electrons. The zero-order valence-corrected chi connectivity index (χ0v) is 16.1. The van der Waals surface area contributed by atoms with E-state index in [1.807, 2.05) is 0 Å². The van der Waals surface area contributed by atoms with Crippen molar-refractivity contribution in [2.24, 2.45) is 0 Å². The summed E-state index contributed by atoms with van der Waals surface area (Å²) in [4.78, 5) is 11.2. The Morgan fingerprint density at radius 3 is 2.50 bits per heavy atom. The van der Waals surface area contributed by atoms with Gasteiger partial charge in [0.2, 0.25) is 5.91 Å². The number of ether oxygens (including phenoxy) is 2. The Morgan fingerprint density at radius 2 is 1.88 bits per heavy atom. The number of rotatable bonds is 15. The van der Waals surface area contributed by atoms with Gasteiger partial charge in [0.1, 0.15) is 6.17 Å². The fourth-order valence-electron chi connectivity index (χ4n) is 1.93. The van der Waals surface area contributed by atoms with Crippen LogP contribution >= 0.6 is 0 Å². The first-order valence-corrected chi connectivity index (χ1v) is 9.19. The summed E-state index contributed by atoms with van der Waals surface area (Å²) in [6.45, 7) is 12.2. The topological polar surface area (TPSA) is 59.6 Å². The van der Waals surface area contributed by atoms with E-state index >= 15 is 0 Å². The highest BCUT2D eigenvalue weighted by Gasteiger charge is 2.30. The van der Waals surface area contributed by atoms with Crippen molar-refractivity contribution in [2.75, 3.05) is 32.9 Å². The standard InChI is InChI=1S/C18H37FN2O3.2H2/c1-6-15(3)20-10-8-11-23-12-9-13-24-18(4,5)16(19)14-21-17(22)7-2;;/h15-16,20H,6-14H2,1-5H3,(H,21,22);2*1H. The van der Waals surface area contributed by atoms with Crippen molar-refractivity contribution >= 4 is 5.91 Å². The number of halogens is 1. The molecule has 0 aromatic carbocycles. The second-order valence-corrected chi connectivity index (χ2v) is 6.66. The first-order chi connectivity index (χ1) is 11.3. The number of alkyl halides is 1. The van der Waals surface area contributed by atoms with Crippen LogP contribution in [0.1, 0.15) is 63.2 Å². The van der Waals surface area contributed by atoms with Gasteiger partial charge in [0, 0.05) is 35.1 Å². The molecule has 2 N–H and O–H groups in total. The van der Waals surface area contributed by atoms with E-state index in [1.54, 1.807) is 20.8 Å². The molecule has 0 aromatic heterocycles. The molecule has 0 rings (SSSR count). The van der Waals surface area contributed by atoms with Crippen LogP contribution in [-0.4, -0.2) is 56.6 Å². The average molecular weight is 353 g/mol. The molecule has 0 fully saturated rings. The van der Waals surface area contributed by atoms with E-state index in [0.717, 1.165) is 32.4 Å². The second-order valence-electron chi connectivity index (χ2n) is 6.66. The van der Waals surface area contributed by atoms with Crippen molar-refractivity contribution in [1.82, 2.24) is 10.6 Å². The molecule has 2 unspecified atom stereocenters. The highest BCUT2D eigenvalue weighted by molar-refractivity contribution is 5.75. The van der Waals surface area contributed by atoms with E-state index in [2.05, 4.69) is 24.5 Å². The first kappa shape index (κ1) is 23.3. The summed E-state index contributed by atoms with van der Waals surface area (Å²) in [5.74, 6) is -0.148. The van der Waals surface area contributed by atoms with Crippen molar-refractivity contribution in [1.29, 1.82) is 0 Å². The highest BCUT2D eigenvalue weighted by Crippen LogP contribution is 2.18. The van der Waals surface area contributed by atoms with E-state index in [1.165, 1.54) is 0 Å². The van der Waals surface area contributed by atoms with Gasteiger partial charge >= 0.3 is 0 Å². The molecule has 0 saturated carbocycles. The largest absolute Gasteiger partial charge is 0.381 e. The molecule has 0 bridgehead atoms. The molecule has 5 nitrogen and oxygen atoms in total. The van der Waals surface area contributed by atoms with Crippen LogP contribution in [0.3, 0.4) is 0 Å². The monoisotopic (exact) mass is 352 g/mol. The number of hydrogen-bond acceptors (Lipinski definition) is 4. The van der Waals surface area contributed by atoms with E-state index < -0.39 is 11.8 Å². The summed E-state index contributed by atoms with van der Waals surface area (Å²) in [5, 5.41) is 5.97. The lowest BCUT2D eigenvalue weighted by Gasteiger charge is -2.29. The van der Waals surface area contributed by atoms with Crippen molar-refractivity contribution < 1.29 is 21.5 Å². The van der Waals surface area contributed by atoms with Gasteiger partial charge in [0.05, 0.1) is 12.1 Å². The second kappa shape index (κ2) is 13.6.